The number of benzene rings is 1. The number of alkyl halides is 3. The summed E-state index contributed by atoms with van der Waals surface area (Å²) < 4.78 is 61.3. The number of hydrogen-bond acceptors (Lipinski definition) is 7. The number of pyridine rings is 1. The molecule has 2 aromatic heterocycles. The number of nitrogens with zero attached hydrogens (tertiary/aromatic N) is 5. The van der Waals surface area contributed by atoms with Gasteiger partial charge in [0.25, 0.3) is 0 Å². The Balaban J connectivity index is 2.05. The van der Waals surface area contributed by atoms with E-state index in [-0.39, 0.29) is 40.6 Å². The number of hydrogen-bond donors (Lipinski definition) is 2. The summed E-state index contributed by atoms with van der Waals surface area (Å²) in [6.07, 6.45) is -3.66. The zero-order valence-corrected chi connectivity index (χ0v) is 18.6. The minimum Gasteiger partial charge on any atom is -0.482 e. The molecule has 1 aliphatic heterocycles. The van der Waals surface area contributed by atoms with Crippen LogP contribution in [0.5, 0.6) is 5.75 Å². The molecule has 2 bridgehead atoms. The summed E-state index contributed by atoms with van der Waals surface area (Å²) in [5.74, 6) is -0.347. The molecule has 0 spiro atoms. The highest BCUT2D eigenvalue weighted by Gasteiger charge is 2.32. The first-order valence-corrected chi connectivity index (χ1v) is 10.3. The van der Waals surface area contributed by atoms with Gasteiger partial charge in [0.1, 0.15) is 23.7 Å². The largest absolute Gasteiger partial charge is 0.482 e. The van der Waals surface area contributed by atoms with Crippen molar-refractivity contribution in [2.45, 2.75) is 25.6 Å². The predicted molar refractivity (Wildman–Crippen MR) is 120 cm³/mol. The number of fused-ring (bicyclic) bond motifs is 5. The maximum atomic E-state index is 14.1. The Morgan fingerprint density at radius 1 is 1.31 bits per heavy atom. The van der Waals surface area contributed by atoms with E-state index in [0.717, 1.165) is 6.07 Å². The third kappa shape index (κ3) is 4.65. The number of aliphatic imine (C=N–C) groups is 1. The number of rotatable bonds is 1. The smallest absolute Gasteiger partial charge is 0.430 e. The normalized spacial score (nSPS) is 16.1. The lowest BCUT2D eigenvalue weighted by Gasteiger charge is -2.20. The topological polar surface area (TPSA) is 128 Å². The van der Waals surface area contributed by atoms with Crippen molar-refractivity contribution in [1.82, 2.24) is 14.8 Å². The molecule has 3 aromatic rings. The number of anilines is 1. The Kier molecular flexibility index (Phi) is 5.94. The van der Waals surface area contributed by atoms with Gasteiger partial charge in [-0.25, -0.2) is 9.37 Å². The van der Waals surface area contributed by atoms with Crippen LogP contribution in [-0.4, -0.2) is 26.7 Å². The van der Waals surface area contributed by atoms with Crippen molar-refractivity contribution < 1.29 is 22.3 Å². The van der Waals surface area contributed by atoms with Crippen molar-refractivity contribution >= 4 is 17.2 Å². The SMILES string of the molecule is C[C@H]1Oc2cc(cnc2N)-c2c(C#N)nn(C)c2CC(C=C(N)C(F)(F)F)=Nc2ccc(F)cc21. The first-order chi connectivity index (χ1) is 16.5. The van der Waals surface area contributed by atoms with Gasteiger partial charge in [0, 0.05) is 42.1 Å². The summed E-state index contributed by atoms with van der Waals surface area (Å²) in [5, 5.41) is 13.8. The standard InChI is InChI=1S/C23H19F4N7O/c1-11-15-6-13(24)3-4-16(15)32-14(8-20(29)23(25,26)27)7-18-21(17(9-28)33-34(18)2)12-5-19(35-11)22(30)31-10-12/h3-6,8,10-11H,7,29H2,1-2H3,(H2,30,31)/t11-/m1/s1. The molecule has 3 heterocycles. The Bertz CT molecular complexity index is 1420. The van der Waals surface area contributed by atoms with Crippen LogP contribution < -0.4 is 16.2 Å². The number of allylic oxidation sites excluding steroid dienone is 2. The van der Waals surface area contributed by atoms with Crippen molar-refractivity contribution in [2.75, 3.05) is 5.73 Å². The molecule has 0 unspecified atom stereocenters. The van der Waals surface area contributed by atoms with Crippen LogP contribution in [0.3, 0.4) is 0 Å². The molecule has 1 atom stereocenters. The number of nitrogens with two attached hydrogens (primary N) is 2. The highest BCUT2D eigenvalue weighted by Crippen LogP contribution is 2.37. The van der Waals surface area contributed by atoms with E-state index in [9.17, 15) is 22.8 Å². The number of aryl methyl sites for hydroxylation is 1. The van der Waals surface area contributed by atoms with E-state index in [0.29, 0.717) is 22.9 Å². The average Bonchev–Trinajstić information content (AvgIpc) is 3.10. The lowest BCUT2D eigenvalue weighted by molar-refractivity contribution is -0.0925. The fraction of sp³-hybridized carbons (Fsp3) is 0.217. The summed E-state index contributed by atoms with van der Waals surface area (Å²) in [6, 6.07) is 7.19. The van der Waals surface area contributed by atoms with Gasteiger partial charge in [-0.2, -0.15) is 23.5 Å². The molecule has 4 rings (SSSR count). The Labute approximate surface area is 197 Å². The molecule has 1 aliphatic rings. The minimum absolute atomic E-state index is 0.0275. The molecule has 1 aromatic carbocycles. The third-order valence-corrected chi connectivity index (χ3v) is 5.44. The van der Waals surface area contributed by atoms with E-state index < -0.39 is 23.8 Å². The van der Waals surface area contributed by atoms with Crippen molar-refractivity contribution in [1.29, 1.82) is 5.26 Å². The quantitative estimate of drug-likeness (QED) is 0.496. The van der Waals surface area contributed by atoms with Crippen LogP contribution in [0.4, 0.5) is 29.1 Å². The zero-order chi connectivity index (χ0) is 25.5. The molecule has 35 heavy (non-hydrogen) atoms. The molecule has 8 nitrogen and oxygen atoms in total. The molecule has 180 valence electrons. The molecular weight excluding hydrogens is 466 g/mol. The Hall–Kier alpha value is -4.40. The second kappa shape index (κ2) is 8.75. The molecule has 0 fully saturated rings. The van der Waals surface area contributed by atoms with Gasteiger partial charge < -0.3 is 16.2 Å². The van der Waals surface area contributed by atoms with Crippen LogP contribution in [0, 0.1) is 17.1 Å². The van der Waals surface area contributed by atoms with Crippen LogP contribution in [0.2, 0.25) is 0 Å². The third-order valence-electron chi connectivity index (χ3n) is 5.44. The van der Waals surface area contributed by atoms with Gasteiger partial charge in [-0.3, -0.25) is 9.67 Å². The van der Waals surface area contributed by atoms with E-state index >= 15 is 0 Å². The number of nitriles is 1. The molecular formula is C23H19F4N7O. The average molecular weight is 485 g/mol. The van der Waals surface area contributed by atoms with E-state index in [4.69, 9.17) is 16.2 Å². The fourth-order valence-corrected chi connectivity index (χ4v) is 3.75. The molecule has 0 aliphatic carbocycles. The van der Waals surface area contributed by atoms with Crippen LogP contribution in [0.15, 0.2) is 47.2 Å². The molecule has 0 saturated carbocycles. The van der Waals surface area contributed by atoms with Crippen molar-refractivity contribution in [3.63, 3.8) is 0 Å². The van der Waals surface area contributed by atoms with Crippen molar-refractivity contribution in [3.8, 4) is 22.9 Å². The van der Waals surface area contributed by atoms with Crippen LogP contribution in [0.25, 0.3) is 11.1 Å². The van der Waals surface area contributed by atoms with Gasteiger partial charge in [-0.05, 0) is 37.3 Å². The summed E-state index contributed by atoms with van der Waals surface area (Å²) >= 11 is 0. The number of nitrogen functional groups attached to an aromatic ring is 1. The zero-order valence-electron chi connectivity index (χ0n) is 18.6. The van der Waals surface area contributed by atoms with E-state index in [1.807, 2.05) is 6.07 Å². The number of aromatic nitrogens is 3. The molecule has 0 saturated heterocycles. The second-order valence-electron chi connectivity index (χ2n) is 7.85. The molecule has 0 amide bonds. The highest BCUT2D eigenvalue weighted by molar-refractivity contribution is 6.00. The summed E-state index contributed by atoms with van der Waals surface area (Å²) in [6.45, 7) is 1.61. The second-order valence-corrected chi connectivity index (χ2v) is 7.85. The van der Waals surface area contributed by atoms with E-state index in [2.05, 4.69) is 15.1 Å². The van der Waals surface area contributed by atoms with Gasteiger partial charge in [0.05, 0.1) is 11.4 Å². The number of halogens is 4. The molecule has 0 radical (unpaired) electrons. The van der Waals surface area contributed by atoms with Crippen molar-refractivity contribution in [3.05, 3.63) is 65.0 Å². The maximum Gasteiger partial charge on any atom is 0.430 e. The minimum atomic E-state index is -4.79. The highest BCUT2D eigenvalue weighted by atomic mass is 19.4. The van der Waals surface area contributed by atoms with Crippen LogP contribution in [-0.2, 0) is 13.5 Å². The van der Waals surface area contributed by atoms with E-state index in [1.165, 1.54) is 23.0 Å². The predicted octanol–water partition coefficient (Wildman–Crippen LogP) is 4.25. The lowest BCUT2D eigenvalue weighted by atomic mass is 10.00. The van der Waals surface area contributed by atoms with Gasteiger partial charge in [0.15, 0.2) is 17.3 Å². The Morgan fingerprint density at radius 2 is 2.06 bits per heavy atom. The first-order valence-electron chi connectivity index (χ1n) is 10.3. The summed E-state index contributed by atoms with van der Waals surface area (Å²) in [4.78, 5) is 8.54. The van der Waals surface area contributed by atoms with Gasteiger partial charge in [-0.1, -0.05) is 0 Å². The van der Waals surface area contributed by atoms with E-state index in [1.54, 1.807) is 20.0 Å². The molecule has 12 heteroatoms. The summed E-state index contributed by atoms with van der Waals surface area (Å²) in [5.41, 5.74) is 11.4. The van der Waals surface area contributed by atoms with Gasteiger partial charge in [-0.15, -0.1) is 0 Å². The number of ether oxygens (including phenoxy) is 1. The van der Waals surface area contributed by atoms with Gasteiger partial charge in [0.2, 0.25) is 0 Å². The van der Waals surface area contributed by atoms with Gasteiger partial charge >= 0.3 is 6.18 Å². The van der Waals surface area contributed by atoms with Crippen molar-refractivity contribution in [2.24, 2.45) is 17.8 Å². The Morgan fingerprint density at radius 3 is 2.74 bits per heavy atom. The van der Waals surface area contributed by atoms with Crippen LogP contribution in [0.1, 0.15) is 30.0 Å². The maximum absolute atomic E-state index is 14.1. The summed E-state index contributed by atoms with van der Waals surface area (Å²) in [7, 11) is 1.55. The van der Waals surface area contributed by atoms with Crippen LogP contribution >= 0.6 is 0 Å². The lowest BCUT2D eigenvalue weighted by Crippen LogP contribution is -2.21. The molecule has 4 N–H and O–H groups in total. The first kappa shape index (κ1) is 23.7. The monoisotopic (exact) mass is 485 g/mol. The fourth-order valence-electron chi connectivity index (χ4n) is 3.75.